The van der Waals surface area contributed by atoms with Gasteiger partial charge in [0.25, 0.3) is 5.91 Å². The van der Waals surface area contributed by atoms with Crippen molar-refractivity contribution < 1.29 is 9.59 Å². The fourth-order valence-electron chi connectivity index (χ4n) is 3.74. The Bertz CT molecular complexity index is 1320. The molecule has 0 bridgehead atoms. The van der Waals surface area contributed by atoms with E-state index >= 15 is 0 Å². The van der Waals surface area contributed by atoms with Gasteiger partial charge in [-0.1, -0.05) is 71.9 Å². The topological polar surface area (TPSA) is 74.1 Å². The number of hydrogen-bond donors (Lipinski definition) is 1. The van der Waals surface area contributed by atoms with Crippen molar-refractivity contribution >= 4 is 57.6 Å². The molecule has 0 unspecified atom stereocenters. The van der Waals surface area contributed by atoms with Gasteiger partial charge in [-0.3, -0.25) is 9.59 Å². The number of nitrogens with zero attached hydrogens (tertiary/aromatic N) is 3. The van der Waals surface area contributed by atoms with Gasteiger partial charge < -0.3 is 5.32 Å². The maximum atomic E-state index is 13.4. The minimum Gasteiger partial charge on any atom is -0.324 e. The number of nitrogens with one attached hydrogen (secondary N) is 1. The van der Waals surface area contributed by atoms with Crippen LogP contribution in [0.3, 0.4) is 0 Å². The van der Waals surface area contributed by atoms with Gasteiger partial charge in [-0.2, -0.15) is 0 Å². The third-order valence-electron chi connectivity index (χ3n) is 5.32. The van der Waals surface area contributed by atoms with E-state index in [9.17, 15) is 9.59 Å². The molecule has 0 aliphatic carbocycles. The van der Waals surface area contributed by atoms with Crippen LogP contribution in [0, 0.1) is 6.92 Å². The highest BCUT2D eigenvalue weighted by Gasteiger charge is 2.42. The third-order valence-corrected chi connectivity index (χ3v) is 6.57. The molecule has 2 amide bonds. The Hall–Kier alpha value is -3.42. The molecule has 8 heteroatoms. The largest absolute Gasteiger partial charge is 0.324 e. The molecule has 0 fully saturated rings. The number of aryl methyl sites for hydroxylation is 1. The number of para-hydroxylation sites is 1. The number of benzene rings is 3. The zero-order chi connectivity index (χ0) is 22.9. The number of rotatable bonds is 4. The predicted molar refractivity (Wildman–Crippen MR) is 133 cm³/mol. The number of amides is 2. The summed E-state index contributed by atoms with van der Waals surface area (Å²) in [5, 5.41) is 3.73. The van der Waals surface area contributed by atoms with Crippen molar-refractivity contribution in [1.29, 1.82) is 0 Å². The fraction of sp³-hybridized carbons (Fsp3) is 0.120. The van der Waals surface area contributed by atoms with Crippen molar-refractivity contribution in [3.63, 3.8) is 0 Å². The van der Waals surface area contributed by atoms with E-state index in [1.807, 2.05) is 67.6 Å². The molecule has 5 rings (SSSR count). The molecule has 2 aliphatic rings. The molecule has 1 N–H and O–H groups in total. The molecular formula is C25H19ClN4O2S. The van der Waals surface area contributed by atoms with Crippen molar-refractivity contribution in [2.45, 2.75) is 13.0 Å². The van der Waals surface area contributed by atoms with Crippen LogP contribution in [0.4, 0.5) is 11.4 Å². The number of aliphatic imine (C=N–C) groups is 2. The highest BCUT2D eigenvalue weighted by atomic mass is 35.5. The number of thioether (sulfide) groups is 1. The van der Waals surface area contributed by atoms with E-state index in [0.717, 1.165) is 22.4 Å². The number of halogens is 1. The van der Waals surface area contributed by atoms with Crippen LogP contribution < -0.4 is 5.32 Å². The SMILES string of the molecule is Cc1ccc(NC(=O)CSC2=Nc3ccccc3C3=N[C@H](c4ccccc4)C(=O)N23)c(Cl)c1. The van der Waals surface area contributed by atoms with Gasteiger partial charge in [0, 0.05) is 5.56 Å². The summed E-state index contributed by atoms with van der Waals surface area (Å²) in [4.78, 5) is 36.9. The van der Waals surface area contributed by atoms with Gasteiger partial charge in [0.15, 0.2) is 11.2 Å². The van der Waals surface area contributed by atoms with Crippen LogP contribution in [-0.4, -0.2) is 33.5 Å². The fourth-order valence-corrected chi connectivity index (χ4v) is 4.82. The van der Waals surface area contributed by atoms with Crippen LogP contribution in [-0.2, 0) is 9.59 Å². The molecule has 0 saturated heterocycles. The summed E-state index contributed by atoms with van der Waals surface area (Å²) in [5.74, 6) is 0.207. The van der Waals surface area contributed by atoms with E-state index in [1.54, 1.807) is 12.1 Å². The molecule has 1 atom stereocenters. The van der Waals surface area contributed by atoms with E-state index in [4.69, 9.17) is 16.6 Å². The summed E-state index contributed by atoms with van der Waals surface area (Å²) in [6.45, 7) is 1.93. The first-order valence-corrected chi connectivity index (χ1v) is 11.7. The monoisotopic (exact) mass is 474 g/mol. The summed E-state index contributed by atoms with van der Waals surface area (Å²) in [5.41, 5.74) is 3.89. The van der Waals surface area contributed by atoms with Gasteiger partial charge in [-0.05, 0) is 42.3 Å². The number of anilines is 1. The zero-order valence-electron chi connectivity index (χ0n) is 17.7. The zero-order valence-corrected chi connectivity index (χ0v) is 19.2. The second kappa shape index (κ2) is 8.84. The minimum absolute atomic E-state index is 0.0677. The van der Waals surface area contributed by atoms with Gasteiger partial charge in [0.1, 0.15) is 5.84 Å². The van der Waals surface area contributed by atoms with Gasteiger partial charge in [0.2, 0.25) is 5.91 Å². The van der Waals surface area contributed by atoms with E-state index in [0.29, 0.717) is 21.7 Å². The second-order valence-electron chi connectivity index (χ2n) is 7.67. The number of fused-ring (bicyclic) bond motifs is 3. The van der Waals surface area contributed by atoms with Gasteiger partial charge in [-0.15, -0.1) is 0 Å². The molecular weight excluding hydrogens is 456 g/mol. The summed E-state index contributed by atoms with van der Waals surface area (Å²) < 4.78 is 0. The lowest BCUT2D eigenvalue weighted by Crippen LogP contribution is -2.40. The van der Waals surface area contributed by atoms with E-state index in [1.165, 1.54) is 16.7 Å². The van der Waals surface area contributed by atoms with Crippen LogP contribution in [0.2, 0.25) is 5.02 Å². The van der Waals surface area contributed by atoms with E-state index in [-0.39, 0.29) is 17.6 Å². The minimum atomic E-state index is -0.640. The predicted octanol–water partition coefficient (Wildman–Crippen LogP) is 5.35. The van der Waals surface area contributed by atoms with Crippen LogP contribution in [0.1, 0.15) is 22.7 Å². The molecule has 3 aromatic rings. The quantitative estimate of drug-likeness (QED) is 0.553. The maximum Gasteiger partial charge on any atom is 0.263 e. The molecule has 2 heterocycles. The van der Waals surface area contributed by atoms with Crippen LogP contribution in [0.25, 0.3) is 0 Å². The van der Waals surface area contributed by atoms with Crippen molar-refractivity contribution in [1.82, 2.24) is 4.90 Å². The average Bonchev–Trinajstić information content (AvgIpc) is 3.17. The Balaban J connectivity index is 1.40. The Labute approximate surface area is 200 Å². The van der Waals surface area contributed by atoms with Crippen molar-refractivity contribution in [3.05, 3.63) is 94.5 Å². The first-order chi connectivity index (χ1) is 16.0. The highest BCUT2D eigenvalue weighted by Crippen LogP contribution is 2.37. The normalized spacial score (nSPS) is 16.6. The number of carbonyl (C=O) groups excluding carboxylic acids is 2. The summed E-state index contributed by atoms with van der Waals surface area (Å²) >= 11 is 7.43. The standard InChI is InChI=1S/C25H19ClN4O2S/c1-15-11-12-20(18(26)13-15)27-21(31)14-33-25-28-19-10-6-5-9-17(19)23-29-22(24(32)30(23)25)16-7-3-2-4-8-16/h2-13,22H,14H2,1H3,(H,27,31)/t22-/m1/s1. The molecule has 2 aliphatic heterocycles. The van der Waals surface area contributed by atoms with Crippen molar-refractivity contribution in [2.24, 2.45) is 9.98 Å². The Kier molecular flexibility index (Phi) is 5.74. The molecule has 0 aromatic heterocycles. The Morgan fingerprint density at radius 3 is 2.64 bits per heavy atom. The first kappa shape index (κ1) is 21.4. The van der Waals surface area contributed by atoms with E-state index in [2.05, 4.69) is 10.3 Å². The molecule has 33 heavy (non-hydrogen) atoms. The van der Waals surface area contributed by atoms with Crippen molar-refractivity contribution in [3.8, 4) is 0 Å². The lowest BCUT2D eigenvalue weighted by Gasteiger charge is -2.25. The average molecular weight is 475 g/mol. The van der Waals surface area contributed by atoms with Crippen LogP contribution >= 0.6 is 23.4 Å². The molecule has 0 radical (unpaired) electrons. The molecule has 0 spiro atoms. The Morgan fingerprint density at radius 1 is 1.09 bits per heavy atom. The lowest BCUT2D eigenvalue weighted by molar-refractivity contribution is -0.124. The highest BCUT2D eigenvalue weighted by molar-refractivity contribution is 8.14. The summed E-state index contributed by atoms with van der Waals surface area (Å²) in [6, 6.07) is 21.8. The third kappa shape index (κ3) is 4.17. The van der Waals surface area contributed by atoms with Crippen LogP contribution in [0.5, 0.6) is 0 Å². The summed E-state index contributed by atoms with van der Waals surface area (Å²) in [7, 11) is 0. The number of carbonyl (C=O) groups is 2. The Morgan fingerprint density at radius 2 is 1.85 bits per heavy atom. The molecule has 0 saturated carbocycles. The smallest absolute Gasteiger partial charge is 0.263 e. The molecule has 6 nitrogen and oxygen atoms in total. The first-order valence-electron chi connectivity index (χ1n) is 10.3. The van der Waals surface area contributed by atoms with Crippen molar-refractivity contribution in [2.75, 3.05) is 11.1 Å². The second-order valence-corrected chi connectivity index (χ2v) is 9.02. The summed E-state index contributed by atoms with van der Waals surface area (Å²) in [6.07, 6.45) is 0. The van der Waals surface area contributed by atoms with Gasteiger partial charge in [-0.25, -0.2) is 14.9 Å². The number of amidine groups is 2. The lowest BCUT2D eigenvalue weighted by atomic mass is 10.1. The maximum absolute atomic E-state index is 13.4. The molecule has 3 aromatic carbocycles. The van der Waals surface area contributed by atoms with Gasteiger partial charge >= 0.3 is 0 Å². The number of hydrogen-bond acceptors (Lipinski definition) is 5. The van der Waals surface area contributed by atoms with Crippen LogP contribution in [0.15, 0.2) is 82.8 Å². The van der Waals surface area contributed by atoms with E-state index < -0.39 is 6.04 Å². The molecule has 164 valence electrons. The van der Waals surface area contributed by atoms with Gasteiger partial charge in [0.05, 0.1) is 22.2 Å².